The first-order valence-electron chi connectivity index (χ1n) is 5.84. The highest BCUT2D eigenvalue weighted by atomic mass is 19.4. The molecule has 0 saturated heterocycles. The summed E-state index contributed by atoms with van der Waals surface area (Å²) in [6.45, 7) is 0.443. The minimum Gasteiger partial charge on any atom is -0.496 e. The first kappa shape index (κ1) is 17.0. The van der Waals surface area contributed by atoms with E-state index in [0.29, 0.717) is 0 Å². The van der Waals surface area contributed by atoms with Gasteiger partial charge in [0.2, 0.25) is 5.88 Å². The van der Waals surface area contributed by atoms with Crippen molar-refractivity contribution in [3.63, 3.8) is 0 Å². The highest BCUT2D eigenvalue weighted by molar-refractivity contribution is 5.73. The van der Waals surface area contributed by atoms with E-state index >= 15 is 0 Å². The number of alkyl halides is 4. The van der Waals surface area contributed by atoms with Crippen LogP contribution in [0.1, 0.15) is 18.1 Å². The maximum Gasteiger partial charge on any atom is 0.574 e. The molecule has 0 unspecified atom stereocenters. The van der Waals surface area contributed by atoms with Gasteiger partial charge in [0.15, 0.2) is 0 Å². The number of carbonyl (C=O) groups is 1. The monoisotopic (exact) mass is 311 g/mol. The Labute approximate surface area is 117 Å². The van der Waals surface area contributed by atoms with Gasteiger partial charge in [-0.1, -0.05) is 0 Å². The van der Waals surface area contributed by atoms with Crippen molar-refractivity contribution in [2.75, 3.05) is 13.7 Å². The standard InChI is InChI=1S/C12H13F4NO4/c1-3-20-9(18)4-7-6-17-11(21-12(14,15)16)8(5-13)10(7)19-2/h6H,3-5H2,1-2H3. The normalized spacial score (nSPS) is 11.1. The Morgan fingerprint density at radius 3 is 2.52 bits per heavy atom. The molecule has 0 bridgehead atoms. The third-order valence-electron chi connectivity index (χ3n) is 2.35. The molecule has 9 heteroatoms. The quantitative estimate of drug-likeness (QED) is 0.597. The molecule has 0 amide bonds. The molecule has 118 valence electrons. The second-order valence-corrected chi connectivity index (χ2v) is 3.76. The molecular formula is C12H13F4NO4. The number of aromatic nitrogens is 1. The number of hydrogen-bond acceptors (Lipinski definition) is 5. The van der Waals surface area contributed by atoms with Crippen molar-refractivity contribution in [2.24, 2.45) is 0 Å². The van der Waals surface area contributed by atoms with E-state index in [1.165, 1.54) is 0 Å². The van der Waals surface area contributed by atoms with Crippen LogP contribution in [0.4, 0.5) is 17.6 Å². The molecule has 1 aromatic rings. The Balaban J connectivity index is 3.16. The predicted molar refractivity (Wildman–Crippen MR) is 62.6 cm³/mol. The summed E-state index contributed by atoms with van der Waals surface area (Å²) in [6, 6.07) is 0. The average Bonchev–Trinajstić information content (AvgIpc) is 2.38. The molecule has 0 fully saturated rings. The third kappa shape index (κ3) is 4.76. The van der Waals surface area contributed by atoms with Gasteiger partial charge in [0.1, 0.15) is 12.4 Å². The van der Waals surface area contributed by atoms with E-state index in [4.69, 9.17) is 9.47 Å². The fourth-order valence-corrected chi connectivity index (χ4v) is 1.63. The maximum atomic E-state index is 13.0. The molecule has 0 N–H and O–H groups in total. The van der Waals surface area contributed by atoms with Gasteiger partial charge in [0.25, 0.3) is 0 Å². The maximum absolute atomic E-state index is 13.0. The highest BCUT2D eigenvalue weighted by Gasteiger charge is 2.34. The molecule has 21 heavy (non-hydrogen) atoms. The lowest BCUT2D eigenvalue weighted by atomic mass is 10.1. The van der Waals surface area contributed by atoms with Crippen LogP contribution in [0.2, 0.25) is 0 Å². The lowest BCUT2D eigenvalue weighted by Gasteiger charge is -2.16. The number of nitrogens with zero attached hydrogens (tertiary/aromatic N) is 1. The zero-order valence-corrected chi connectivity index (χ0v) is 11.3. The summed E-state index contributed by atoms with van der Waals surface area (Å²) in [6.07, 6.45) is -4.36. The molecule has 0 aromatic carbocycles. The number of hydrogen-bond donors (Lipinski definition) is 0. The van der Waals surface area contributed by atoms with Gasteiger partial charge in [-0.2, -0.15) is 0 Å². The predicted octanol–water partition coefficient (Wildman–Crippen LogP) is 2.56. The Kier molecular flexibility index (Phi) is 5.74. The zero-order chi connectivity index (χ0) is 16.0. The van der Waals surface area contributed by atoms with Crippen LogP contribution >= 0.6 is 0 Å². The lowest BCUT2D eigenvalue weighted by molar-refractivity contribution is -0.276. The molecule has 0 radical (unpaired) electrons. The summed E-state index contributed by atoms with van der Waals surface area (Å²) in [7, 11) is 1.14. The number of carbonyl (C=O) groups excluding carboxylic acids is 1. The molecule has 5 nitrogen and oxygen atoms in total. The molecule has 1 rings (SSSR count). The van der Waals surface area contributed by atoms with Gasteiger partial charge in [-0.15, -0.1) is 13.2 Å². The number of pyridine rings is 1. The largest absolute Gasteiger partial charge is 0.574 e. The average molecular weight is 311 g/mol. The van der Waals surface area contributed by atoms with Crippen molar-refractivity contribution in [3.8, 4) is 11.6 Å². The van der Waals surface area contributed by atoms with Crippen molar-refractivity contribution >= 4 is 5.97 Å². The van der Waals surface area contributed by atoms with Crippen LogP contribution in [-0.4, -0.2) is 31.0 Å². The van der Waals surface area contributed by atoms with Gasteiger partial charge in [-0.25, -0.2) is 9.37 Å². The van der Waals surface area contributed by atoms with Crippen LogP contribution in [0.3, 0.4) is 0 Å². The van der Waals surface area contributed by atoms with Crippen LogP contribution in [0.5, 0.6) is 11.6 Å². The first-order valence-corrected chi connectivity index (χ1v) is 5.84. The van der Waals surface area contributed by atoms with E-state index in [2.05, 4.69) is 9.72 Å². The van der Waals surface area contributed by atoms with E-state index in [-0.39, 0.29) is 24.3 Å². The summed E-state index contributed by atoms with van der Waals surface area (Å²) in [5.41, 5.74) is -0.408. The Hall–Kier alpha value is -2.06. The van der Waals surface area contributed by atoms with E-state index in [1.807, 2.05) is 0 Å². The van der Waals surface area contributed by atoms with E-state index < -0.39 is 30.4 Å². The van der Waals surface area contributed by atoms with Gasteiger partial charge >= 0.3 is 12.3 Å². The second-order valence-electron chi connectivity index (χ2n) is 3.76. The molecular weight excluding hydrogens is 298 g/mol. The first-order chi connectivity index (χ1) is 9.82. The third-order valence-corrected chi connectivity index (χ3v) is 2.35. The van der Waals surface area contributed by atoms with E-state index in [9.17, 15) is 22.4 Å². The number of methoxy groups -OCH3 is 1. The Bertz CT molecular complexity index is 505. The van der Waals surface area contributed by atoms with Crippen LogP contribution in [0.15, 0.2) is 6.20 Å². The number of rotatable bonds is 6. The van der Waals surface area contributed by atoms with Gasteiger partial charge < -0.3 is 14.2 Å². The van der Waals surface area contributed by atoms with Gasteiger partial charge in [0.05, 0.1) is 25.7 Å². The Morgan fingerprint density at radius 2 is 2.05 bits per heavy atom. The van der Waals surface area contributed by atoms with Crippen molar-refractivity contribution in [2.45, 2.75) is 26.4 Å². The van der Waals surface area contributed by atoms with Crippen molar-refractivity contribution in [1.82, 2.24) is 4.98 Å². The molecule has 1 heterocycles. The van der Waals surface area contributed by atoms with Crippen LogP contribution in [0.25, 0.3) is 0 Å². The molecule has 0 aliphatic carbocycles. The van der Waals surface area contributed by atoms with Gasteiger partial charge in [-0.3, -0.25) is 4.79 Å². The highest BCUT2D eigenvalue weighted by Crippen LogP contribution is 2.34. The molecule has 0 aliphatic rings. The summed E-state index contributed by atoms with van der Waals surface area (Å²) in [5, 5.41) is 0. The fourth-order valence-electron chi connectivity index (χ4n) is 1.63. The molecule has 1 aromatic heterocycles. The summed E-state index contributed by atoms with van der Waals surface area (Å²) >= 11 is 0. The smallest absolute Gasteiger partial charge is 0.496 e. The fraction of sp³-hybridized carbons (Fsp3) is 0.500. The van der Waals surface area contributed by atoms with Gasteiger partial charge in [0, 0.05) is 11.8 Å². The van der Waals surface area contributed by atoms with Crippen LogP contribution in [-0.2, 0) is 22.6 Å². The molecule has 0 spiro atoms. The minimum atomic E-state index is -5.01. The topological polar surface area (TPSA) is 57.7 Å². The van der Waals surface area contributed by atoms with Crippen molar-refractivity contribution in [1.29, 1.82) is 0 Å². The molecule has 0 aliphatic heterocycles. The number of ether oxygens (including phenoxy) is 3. The molecule has 0 atom stereocenters. The Morgan fingerprint density at radius 1 is 1.38 bits per heavy atom. The zero-order valence-electron chi connectivity index (χ0n) is 11.3. The summed E-state index contributed by atoms with van der Waals surface area (Å²) in [5.74, 6) is -1.80. The van der Waals surface area contributed by atoms with E-state index in [1.54, 1.807) is 6.92 Å². The summed E-state index contributed by atoms with van der Waals surface area (Å²) < 4.78 is 62.8. The second kappa shape index (κ2) is 7.09. The van der Waals surface area contributed by atoms with E-state index in [0.717, 1.165) is 13.3 Å². The van der Waals surface area contributed by atoms with Crippen molar-refractivity contribution in [3.05, 3.63) is 17.3 Å². The van der Waals surface area contributed by atoms with Crippen LogP contribution in [0, 0.1) is 0 Å². The van der Waals surface area contributed by atoms with Gasteiger partial charge in [-0.05, 0) is 6.92 Å². The number of esters is 1. The SMILES string of the molecule is CCOC(=O)Cc1cnc(OC(F)(F)F)c(CF)c1OC. The lowest BCUT2D eigenvalue weighted by Crippen LogP contribution is -2.19. The number of halogens is 4. The minimum absolute atomic E-state index is 0.109. The van der Waals surface area contributed by atoms with Crippen LogP contribution < -0.4 is 9.47 Å². The molecule has 0 saturated carbocycles. The van der Waals surface area contributed by atoms with Crippen molar-refractivity contribution < 1.29 is 36.6 Å². The summed E-state index contributed by atoms with van der Waals surface area (Å²) in [4.78, 5) is 14.8.